The molecule has 0 aromatic carbocycles. The molecule has 0 aliphatic carbocycles. The van der Waals surface area contributed by atoms with E-state index in [2.05, 4.69) is 33.8 Å². The van der Waals surface area contributed by atoms with Crippen LogP contribution in [-0.2, 0) is 13.1 Å². The highest BCUT2D eigenvalue weighted by molar-refractivity contribution is 5.15. The van der Waals surface area contributed by atoms with Crippen LogP contribution in [0.4, 0.5) is 0 Å². The minimum atomic E-state index is 0.966. The van der Waals surface area contributed by atoms with E-state index in [-0.39, 0.29) is 0 Å². The van der Waals surface area contributed by atoms with Crippen molar-refractivity contribution in [1.82, 2.24) is 20.0 Å². The van der Waals surface area contributed by atoms with Gasteiger partial charge in [0.25, 0.3) is 0 Å². The van der Waals surface area contributed by atoms with Crippen molar-refractivity contribution in [2.75, 3.05) is 26.2 Å². The lowest BCUT2D eigenvalue weighted by atomic mass is 10.2. The summed E-state index contributed by atoms with van der Waals surface area (Å²) in [5.41, 5.74) is 2.70. The topological polar surface area (TPSA) is 33.1 Å². The van der Waals surface area contributed by atoms with Crippen LogP contribution in [0.1, 0.15) is 24.6 Å². The third kappa shape index (κ3) is 2.62. The van der Waals surface area contributed by atoms with E-state index in [1.54, 1.807) is 0 Å². The van der Waals surface area contributed by atoms with Crippen LogP contribution in [0, 0.1) is 6.92 Å². The van der Waals surface area contributed by atoms with E-state index < -0.39 is 0 Å². The fourth-order valence-corrected chi connectivity index (χ4v) is 2.26. The molecule has 0 saturated carbocycles. The van der Waals surface area contributed by atoms with Gasteiger partial charge in [0.1, 0.15) is 0 Å². The predicted octanol–water partition coefficient (Wildman–Crippen LogP) is 1.01. The van der Waals surface area contributed by atoms with Crippen molar-refractivity contribution in [1.29, 1.82) is 0 Å². The highest BCUT2D eigenvalue weighted by Crippen LogP contribution is 2.11. The fraction of sp³-hybridized carbons (Fsp3) is 0.750. The van der Waals surface area contributed by atoms with Crippen LogP contribution in [0.5, 0.6) is 0 Å². The van der Waals surface area contributed by atoms with Crippen LogP contribution in [0.2, 0.25) is 0 Å². The zero-order valence-corrected chi connectivity index (χ0v) is 10.4. The third-order valence-corrected chi connectivity index (χ3v) is 3.33. The number of hydrogen-bond donors (Lipinski definition) is 1. The molecule has 1 aromatic rings. The SMILES string of the molecule is CCn1ncc(CN2CCCNCC2)c1C. The molecule has 1 fully saturated rings. The molecule has 1 saturated heterocycles. The first-order valence-electron chi connectivity index (χ1n) is 6.25. The second kappa shape index (κ2) is 5.46. The summed E-state index contributed by atoms with van der Waals surface area (Å²) in [6.07, 6.45) is 3.28. The van der Waals surface area contributed by atoms with E-state index in [0.29, 0.717) is 0 Å². The number of aromatic nitrogens is 2. The lowest BCUT2D eigenvalue weighted by Gasteiger charge is -2.18. The standard InChI is InChI=1S/C12H22N4/c1-3-16-11(2)12(9-14-16)10-15-7-4-5-13-6-8-15/h9,13H,3-8,10H2,1-2H3. The molecule has 4 heteroatoms. The van der Waals surface area contributed by atoms with Crippen molar-refractivity contribution in [3.63, 3.8) is 0 Å². The predicted molar refractivity (Wildman–Crippen MR) is 65.4 cm³/mol. The molecule has 1 aliphatic rings. The molecule has 0 bridgehead atoms. The maximum Gasteiger partial charge on any atom is 0.0537 e. The van der Waals surface area contributed by atoms with E-state index >= 15 is 0 Å². The van der Waals surface area contributed by atoms with Crippen molar-refractivity contribution in [2.45, 2.75) is 33.4 Å². The van der Waals surface area contributed by atoms with Crippen LogP contribution >= 0.6 is 0 Å². The molecule has 1 N–H and O–H groups in total. The number of hydrogen-bond acceptors (Lipinski definition) is 3. The molecule has 2 heterocycles. The zero-order chi connectivity index (χ0) is 11.4. The maximum atomic E-state index is 4.40. The fourth-order valence-electron chi connectivity index (χ4n) is 2.26. The summed E-state index contributed by atoms with van der Waals surface area (Å²) >= 11 is 0. The Hall–Kier alpha value is -0.870. The van der Waals surface area contributed by atoms with Gasteiger partial charge in [-0.25, -0.2) is 0 Å². The van der Waals surface area contributed by atoms with Gasteiger partial charge in [0.2, 0.25) is 0 Å². The molecule has 0 unspecified atom stereocenters. The molecule has 0 atom stereocenters. The molecule has 0 spiro atoms. The molecular formula is C12H22N4. The molecular weight excluding hydrogens is 200 g/mol. The number of aryl methyl sites for hydroxylation is 1. The number of nitrogens with zero attached hydrogens (tertiary/aromatic N) is 3. The van der Waals surface area contributed by atoms with Crippen molar-refractivity contribution < 1.29 is 0 Å². The molecule has 1 aliphatic heterocycles. The highest BCUT2D eigenvalue weighted by atomic mass is 15.3. The minimum absolute atomic E-state index is 0.966. The van der Waals surface area contributed by atoms with E-state index in [1.807, 2.05) is 6.20 Å². The molecule has 90 valence electrons. The third-order valence-electron chi connectivity index (χ3n) is 3.33. The molecule has 4 nitrogen and oxygen atoms in total. The molecule has 0 amide bonds. The lowest BCUT2D eigenvalue weighted by Crippen LogP contribution is -2.27. The van der Waals surface area contributed by atoms with Gasteiger partial charge in [-0.2, -0.15) is 5.10 Å². The van der Waals surface area contributed by atoms with Gasteiger partial charge in [-0.05, 0) is 33.4 Å². The summed E-state index contributed by atoms with van der Waals surface area (Å²) in [6.45, 7) is 10.9. The molecule has 1 aromatic heterocycles. The summed E-state index contributed by atoms with van der Waals surface area (Å²) in [6, 6.07) is 0. The molecule has 2 rings (SSSR count). The summed E-state index contributed by atoms with van der Waals surface area (Å²) in [5, 5.41) is 7.83. The summed E-state index contributed by atoms with van der Waals surface area (Å²) in [7, 11) is 0. The van der Waals surface area contributed by atoms with Crippen molar-refractivity contribution in [3.05, 3.63) is 17.5 Å². The largest absolute Gasteiger partial charge is 0.315 e. The lowest BCUT2D eigenvalue weighted by molar-refractivity contribution is 0.283. The van der Waals surface area contributed by atoms with Gasteiger partial charge < -0.3 is 5.32 Å². The Morgan fingerprint density at radius 2 is 2.25 bits per heavy atom. The van der Waals surface area contributed by atoms with Crippen molar-refractivity contribution >= 4 is 0 Å². The number of rotatable bonds is 3. The minimum Gasteiger partial charge on any atom is -0.315 e. The second-order valence-corrected chi connectivity index (χ2v) is 4.45. The normalized spacial score (nSPS) is 18.6. The Bertz CT molecular complexity index is 324. The van der Waals surface area contributed by atoms with Gasteiger partial charge in [0.15, 0.2) is 0 Å². The molecule has 16 heavy (non-hydrogen) atoms. The van der Waals surface area contributed by atoms with Crippen LogP contribution in [0.25, 0.3) is 0 Å². The van der Waals surface area contributed by atoms with Crippen LogP contribution in [0.15, 0.2) is 6.20 Å². The van der Waals surface area contributed by atoms with Gasteiger partial charge in [-0.1, -0.05) is 0 Å². The van der Waals surface area contributed by atoms with Gasteiger partial charge >= 0.3 is 0 Å². The van der Waals surface area contributed by atoms with Crippen molar-refractivity contribution in [2.24, 2.45) is 0 Å². The van der Waals surface area contributed by atoms with Crippen LogP contribution < -0.4 is 5.32 Å². The van der Waals surface area contributed by atoms with E-state index in [9.17, 15) is 0 Å². The van der Waals surface area contributed by atoms with Crippen LogP contribution in [-0.4, -0.2) is 40.9 Å². The average molecular weight is 222 g/mol. The highest BCUT2D eigenvalue weighted by Gasteiger charge is 2.12. The van der Waals surface area contributed by atoms with E-state index in [1.165, 1.54) is 24.2 Å². The Morgan fingerprint density at radius 1 is 1.38 bits per heavy atom. The van der Waals surface area contributed by atoms with E-state index in [4.69, 9.17) is 0 Å². The first kappa shape index (κ1) is 11.6. The average Bonchev–Trinajstić information content (AvgIpc) is 2.52. The number of nitrogens with one attached hydrogen (secondary N) is 1. The Kier molecular flexibility index (Phi) is 3.96. The summed E-state index contributed by atoms with van der Waals surface area (Å²) in [4.78, 5) is 2.52. The van der Waals surface area contributed by atoms with Gasteiger partial charge in [0.05, 0.1) is 6.20 Å². The summed E-state index contributed by atoms with van der Waals surface area (Å²) < 4.78 is 2.07. The van der Waals surface area contributed by atoms with Gasteiger partial charge in [-0.3, -0.25) is 9.58 Å². The first-order valence-corrected chi connectivity index (χ1v) is 6.25. The maximum absolute atomic E-state index is 4.40. The zero-order valence-electron chi connectivity index (χ0n) is 10.4. The smallest absolute Gasteiger partial charge is 0.0537 e. The summed E-state index contributed by atoms with van der Waals surface area (Å²) in [5.74, 6) is 0. The van der Waals surface area contributed by atoms with Crippen LogP contribution in [0.3, 0.4) is 0 Å². The monoisotopic (exact) mass is 222 g/mol. The Labute approximate surface area is 97.6 Å². The van der Waals surface area contributed by atoms with Crippen molar-refractivity contribution in [3.8, 4) is 0 Å². The first-order chi connectivity index (χ1) is 7.81. The Balaban J connectivity index is 1.99. The quantitative estimate of drug-likeness (QED) is 0.828. The van der Waals surface area contributed by atoms with E-state index in [0.717, 1.165) is 32.7 Å². The second-order valence-electron chi connectivity index (χ2n) is 4.45. The van der Waals surface area contributed by atoms with Gasteiger partial charge in [0, 0.05) is 37.4 Å². The Morgan fingerprint density at radius 3 is 3.00 bits per heavy atom. The molecule has 0 radical (unpaired) electrons. The van der Waals surface area contributed by atoms with Gasteiger partial charge in [-0.15, -0.1) is 0 Å².